The highest BCUT2D eigenvalue weighted by Crippen LogP contribution is 2.50. The zero-order valence-electron chi connectivity index (χ0n) is 11.5. The average Bonchev–Trinajstić information content (AvgIpc) is 3.12. The lowest BCUT2D eigenvalue weighted by Gasteiger charge is -2.13. The monoisotopic (exact) mass is 311 g/mol. The SMILES string of the molecule is CC1C[C@@H]1c1cc(C(F)(F)F)cc2[nH]c(=O)c(C(=O)O)cc12. The van der Waals surface area contributed by atoms with Crippen LogP contribution in [0.15, 0.2) is 23.0 Å². The van der Waals surface area contributed by atoms with Gasteiger partial charge in [-0.2, -0.15) is 13.2 Å². The van der Waals surface area contributed by atoms with Crippen molar-refractivity contribution in [2.24, 2.45) is 5.92 Å². The van der Waals surface area contributed by atoms with E-state index in [0.29, 0.717) is 10.9 Å². The third-order valence-corrected chi connectivity index (χ3v) is 4.06. The summed E-state index contributed by atoms with van der Waals surface area (Å²) in [6.45, 7) is 1.92. The highest BCUT2D eigenvalue weighted by Gasteiger charge is 2.38. The Kier molecular flexibility index (Phi) is 3.05. The predicted octanol–water partition coefficient (Wildman–Crippen LogP) is 3.37. The molecule has 116 valence electrons. The summed E-state index contributed by atoms with van der Waals surface area (Å²) >= 11 is 0. The molecule has 1 unspecified atom stereocenters. The first-order valence-electron chi connectivity index (χ1n) is 6.70. The van der Waals surface area contributed by atoms with Gasteiger partial charge in [0.05, 0.1) is 5.56 Å². The number of hydrogen-bond acceptors (Lipinski definition) is 2. The highest BCUT2D eigenvalue weighted by molar-refractivity contribution is 5.94. The van der Waals surface area contributed by atoms with Gasteiger partial charge in [-0.25, -0.2) is 4.79 Å². The standard InChI is InChI=1S/C15H12F3NO3/c1-6-2-8(6)9-3-7(15(16,17)18)4-12-10(9)5-11(14(21)22)13(20)19-12/h3-6,8H,2H2,1H3,(H,19,20)(H,21,22)/t6?,8-/m0/s1. The Bertz CT molecular complexity index is 838. The minimum Gasteiger partial charge on any atom is -0.477 e. The van der Waals surface area contributed by atoms with Crippen LogP contribution in [0.25, 0.3) is 10.9 Å². The van der Waals surface area contributed by atoms with Gasteiger partial charge >= 0.3 is 12.1 Å². The van der Waals surface area contributed by atoms with Gasteiger partial charge in [0.15, 0.2) is 0 Å². The Labute approximate surface area is 122 Å². The van der Waals surface area contributed by atoms with E-state index in [1.54, 1.807) is 0 Å². The number of benzene rings is 1. The topological polar surface area (TPSA) is 70.2 Å². The molecule has 22 heavy (non-hydrogen) atoms. The quantitative estimate of drug-likeness (QED) is 0.893. The van der Waals surface area contributed by atoms with Gasteiger partial charge in [-0.3, -0.25) is 4.79 Å². The number of rotatable bonds is 2. The zero-order valence-corrected chi connectivity index (χ0v) is 11.5. The molecule has 3 rings (SSSR count). The van der Waals surface area contributed by atoms with Gasteiger partial charge < -0.3 is 10.1 Å². The maximum atomic E-state index is 13.0. The molecule has 1 fully saturated rings. The van der Waals surface area contributed by atoms with Crippen molar-refractivity contribution in [2.75, 3.05) is 0 Å². The van der Waals surface area contributed by atoms with Crippen LogP contribution < -0.4 is 5.56 Å². The highest BCUT2D eigenvalue weighted by atomic mass is 19.4. The molecular weight excluding hydrogens is 299 g/mol. The summed E-state index contributed by atoms with van der Waals surface area (Å²) < 4.78 is 39.0. The summed E-state index contributed by atoms with van der Waals surface area (Å²) in [6, 6.07) is 3.07. The van der Waals surface area contributed by atoms with E-state index in [4.69, 9.17) is 5.11 Å². The molecule has 2 N–H and O–H groups in total. The lowest BCUT2D eigenvalue weighted by atomic mass is 9.98. The lowest BCUT2D eigenvalue weighted by molar-refractivity contribution is -0.137. The molecule has 0 aliphatic heterocycles. The van der Waals surface area contributed by atoms with E-state index in [2.05, 4.69) is 4.98 Å². The van der Waals surface area contributed by atoms with Crippen molar-refractivity contribution < 1.29 is 23.1 Å². The Morgan fingerprint density at radius 2 is 1.95 bits per heavy atom. The number of pyridine rings is 1. The van der Waals surface area contributed by atoms with Gasteiger partial charge in [0.25, 0.3) is 5.56 Å². The molecule has 7 heteroatoms. The van der Waals surface area contributed by atoms with Gasteiger partial charge in [0, 0.05) is 10.9 Å². The molecule has 1 aliphatic carbocycles. The van der Waals surface area contributed by atoms with E-state index in [1.165, 1.54) is 0 Å². The van der Waals surface area contributed by atoms with Crippen molar-refractivity contribution in [2.45, 2.75) is 25.4 Å². The molecule has 0 saturated heterocycles. The van der Waals surface area contributed by atoms with Crippen molar-refractivity contribution in [1.82, 2.24) is 4.98 Å². The number of aromatic nitrogens is 1. The number of hydrogen-bond donors (Lipinski definition) is 2. The number of nitrogens with one attached hydrogen (secondary N) is 1. The van der Waals surface area contributed by atoms with Gasteiger partial charge in [-0.15, -0.1) is 0 Å². The van der Waals surface area contributed by atoms with Crippen molar-refractivity contribution in [1.29, 1.82) is 0 Å². The molecule has 0 bridgehead atoms. The number of alkyl halides is 3. The molecule has 2 aromatic rings. The van der Waals surface area contributed by atoms with E-state index in [0.717, 1.165) is 24.6 Å². The minimum atomic E-state index is -4.52. The fraction of sp³-hybridized carbons (Fsp3) is 0.333. The fourth-order valence-corrected chi connectivity index (χ4v) is 2.72. The second-order valence-electron chi connectivity index (χ2n) is 5.66. The molecule has 1 saturated carbocycles. The molecule has 4 nitrogen and oxygen atoms in total. The van der Waals surface area contributed by atoms with Crippen molar-refractivity contribution in [3.8, 4) is 0 Å². The molecule has 2 atom stereocenters. The van der Waals surface area contributed by atoms with Crippen LogP contribution in [0.1, 0.15) is 40.7 Å². The number of aromatic carboxylic acids is 1. The van der Waals surface area contributed by atoms with Crippen LogP contribution in [0.5, 0.6) is 0 Å². The third kappa shape index (κ3) is 2.36. The third-order valence-electron chi connectivity index (χ3n) is 4.06. The molecule has 1 aliphatic rings. The Morgan fingerprint density at radius 3 is 2.45 bits per heavy atom. The van der Waals surface area contributed by atoms with Gasteiger partial charge in [0.2, 0.25) is 0 Å². The van der Waals surface area contributed by atoms with E-state index >= 15 is 0 Å². The van der Waals surface area contributed by atoms with E-state index in [9.17, 15) is 22.8 Å². The second kappa shape index (κ2) is 4.59. The number of halogens is 3. The van der Waals surface area contributed by atoms with E-state index in [1.807, 2.05) is 6.92 Å². The first kappa shape index (κ1) is 14.6. The maximum absolute atomic E-state index is 13.0. The fourth-order valence-electron chi connectivity index (χ4n) is 2.72. The normalized spacial score (nSPS) is 21.1. The van der Waals surface area contributed by atoms with Gasteiger partial charge in [-0.05, 0) is 42.0 Å². The number of fused-ring (bicyclic) bond motifs is 1. The van der Waals surface area contributed by atoms with Crippen LogP contribution in [-0.2, 0) is 6.18 Å². The average molecular weight is 311 g/mol. The van der Waals surface area contributed by atoms with Crippen LogP contribution >= 0.6 is 0 Å². The number of H-pyrrole nitrogens is 1. The van der Waals surface area contributed by atoms with Gasteiger partial charge in [0.1, 0.15) is 5.56 Å². The molecule has 1 aromatic carbocycles. The molecule has 0 amide bonds. The number of carbonyl (C=O) groups is 1. The molecule has 1 heterocycles. The van der Waals surface area contributed by atoms with Crippen LogP contribution in [-0.4, -0.2) is 16.1 Å². The summed E-state index contributed by atoms with van der Waals surface area (Å²) in [5.74, 6) is -1.21. The van der Waals surface area contributed by atoms with Crippen LogP contribution in [0.2, 0.25) is 0 Å². The lowest BCUT2D eigenvalue weighted by Crippen LogP contribution is -2.18. The smallest absolute Gasteiger partial charge is 0.416 e. The second-order valence-corrected chi connectivity index (χ2v) is 5.66. The minimum absolute atomic E-state index is 0.0129. The largest absolute Gasteiger partial charge is 0.477 e. The summed E-state index contributed by atoms with van der Waals surface area (Å²) in [7, 11) is 0. The summed E-state index contributed by atoms with van der Waals surface area (Å²) in [6.07, 6.45) is -3.78. The maximum Gasteiger partial charge on any atom is 0.416 e. The summed E-state index contributed by atoms with van der Waals surface area (Å²) in [5, 5.41) is 9.37. The Morgan fingerprint density at radius 1 is 1.32 bits per heavy atom. The van der Waals surface area contributed by atoms with E-state index < -0.39 is 28.8 Å². The van der Waals surface area contributed by atoms with Crippen LogP contribution in [0, 0.1) is 5.92 Å². The first-order valence-corrected chi connectivity index (χ1v) is 6.70. The predicted molar refractivity (Wildman–Crippen MR) is 73.1 cm³/mol. The molecular formula is C15H12F3NO3. The zero-order chi connectivity index (χ0) is 16.2. The summed E-state index contributed by atoms with van der Waals surface area (Å²) in [4.78, 5) is 25.0. The van der Waals surface area contributed by atoms with Crippen molar-refractivity contribution in [3.63, 3.8) is 0 Å². The van der Waals surface area contributed by atoms with Crippen LogP contribution in [0.3, 0.4) is 0 Å². The Hall–Kier alpha value is -2.31. The number of aromatic amines is 1. The summed E-state index contributed by atoms with van der Waals surface area (Å²) in [5.41, 5.74) is -1.77. The first-order chi connectivity index (χ1) is 10.2. The Balaban J connectivity index is 2.33. The van der Waals surface area contributed by atoms with E-state index in [-0.39, 0.29) is 17.4 Å². The van der Waals surface area contributed by atoms with Crippen molar-refractivity contribution in [3.05, 3.63) is 45.2 Å². The molecule has 0 spiro atoms. The molecule has 1 aromatic heterocycles. The van der Waals surface area contributed by atoms with Crippen LogP contribution in [0.4, 0.5) is 13.2 Å². The number of carboxylic acid groups (broad SMARTS) is 1. The molecule has 0 radical (unpaired) electrons. The van der Waals surface area contributed by atoms with Gasteiger partial charge in [-0.1, -0.05) is 6.92 Å². The van der Waals surface area contributed by atoms with Crippen molar-refractivity contribution >= 4 is 16.9 Å². The number of carboxylic acids is 1.